The van der Waals surface area contributed by atoms with Crippen molar-refractivity contribution in [3.63, 3.8) is 0 Å². The molecule has 0 aliphatic heterocycles. The Morgan fingerprint density at radius 2 is 0.417 bits per heavy atom. The van der Waals surface area contributed by atoms with Crippen molar-refractivity contribution >= 4 is 101 Å². The highest BCUT2D eigenvalue weighted by Crippen LogP contribution is 2.35. The molecule has 0 spiro atoms. The van der Waals surface area contributed by atoms with Gasteiger partial charge >= 0.3 is 0 Å². The van der Waals surface area contributed by atoms with Crippen molar-refractivity contribution in [1.29, 1.82) is 32.5 Å². The molecule has 24 heavy (non-hydrogen) atoms. The van der Waals surface area contributed by atoms with E-state index in [9.17, 15) is 0 Å². The fraction of sp³-hybridized carbons (Fsp3) is 0. The van der Waals surface area contributed by atoms with Gasteiger partial charge in [-0.1, -0.05) is 69.6 Å². The molecule has 0 saturated carbocycles. The highest BCUT2D eigenvalue weighted by atomic mass is 35.5. The molecule has 0 fully saturated rings. The zero-order chi connectivity index (χ0) is 18.9. The van der Waals surface area contributed by atoms with Crippen molar-refractivity contribution in [1.82, 2.24) is 0 Å². The van der Waals surface area contributed by atoms with Crippen LogP contribution in [0, 0.1) is 32.5 Å². The largest absolute Gasteiger partial charge is 0.289 e. The van der Waals surface area contributed by atoms with E-state index >= 15 is 0 Å². The van der Waals surface area contributed by atoms with Crippen LogP contribution in [0.2, 0.25) is 0 Å². The third kappa shape index (κ3) is 3.79. The van der Waals surface area contributed by atoms with E-state index in [0.29, 0.717) is 0 Å². The van der Waals surface area contributed by atoms with Gasteiger partial charge in [-0.2, -0.15) is 0 Å². The molecule has 1 rings (SSSR count). The molecule has 12 heteroatoms. The van der Waals surface area contributed by atoms with Gasteiger partial charge in [0.15, 0.2) is 0 Å². The van der Waals surface area contributed by atoms with Crippen LogP contribution in [0.5, 0.6) is 0 Å². The molecule has 0 atom stereocenters. The second-order valence-electron chi connectivity index (χ2n) is 4.13. The fourth-order valence-electron chi connectivity index (χ4n) is 2.07. The first-order valence-corrected chi connectivity index (χ1v) is 7.90. The van der Waals surface area contributed by atoms with E-state index in [1.807, 2.05) is 0 Å². The highest BCUT2D eigenvalue weighted by molar-refractivity contribution is 6.80. The van der Waals surface area contributed by atoms with E-state index in [0.717, 1.165) is 0 Å². The number of benzene rings is 1. The molecule has 0 aromatic heterocycles. The first kappa shape index (κ1) is 21.0. The van der Waals surface area contributed by atoms with Crippen LogP contribution in [-0.4, -0.2) is 31.0 Å². The standard InChI is InChI=1S/C12H6Cl6N6/c13-7(19)1-2(8(14)20)4(10(16)22)6(12(18)24)5(11(17)23)3(1)9(15)21/h19-24H. The van der Waals surface area contributed by atoms with Crippen molar-refractivity contribution in [3.8, 4) is 0 Å². The van der Waals surface area contributed by atoms with Gasteiger partial charge in [0.25, 0.3) is 0 Å². The average molecular weight is 447 g/mol. The Balaban J connectivity index is 4.50. The molecule has 1 aromatic rings. The van der Waals surface area contributed by atoms with Gasteiger partial charge in [-0.15, -0.1) is 0 Å². The Labute approximate surface area is 166 Å². The zero-order valence-electron chi connectivity index (χ0n) is 11.3. The Hall–Kier alpha value is -1.02. The maximum atomic E-state index is 7.70. The lowest BCUT2D eigenvalue weighted by Gasteiger charge is -2.21. The number of halogens is 6. The quantitative estimate of drug-likeness (QED) is 0.324. The molecule has 0 heterocycles. The molecule has 0 aliphatic rings. The number of rotatable bonds is 6. The van der Waals surface area contributed by atoms with Gasteiger partial charge in [-0.05, 0) is 0 Å². The van der Waals surface area contributed by atoms with E-state index in [1.165, 1.54) is 0 Å². The van der Waals surface area contributed by atoms with Crippen LogP contribution >= 0.6 is 69.6 Å². The summed E-state index contributed by atoms with van der Waals surface area (Å²) in [6.07, 6.45) is 0. The smallest absolute Gasteiger partial charge is 0.129 e. The summed E-state index contributed by atoms with van der Waals surface area (Å²) < 4.78 is 0. The van der Waals surface area contributed by atoms with Crippen LogP contribution in [-0.2, 0) is 0 Å². The minimum Gasteiger partial charge on any atom is -0.289 e. The van der Waals surface area contributed by atoms with Crippen molar-refractivity contribution in [2.75, 3.05) is 0 Å². The first-order valence-electron chi connectivity index (χ1n) is 5.63. The summed E-state index contributed by atoms with van der Waals surface area (Å²) in [5, 5.41) is 42.1. The maximum Gasteiger partial charge on any atom is 0.129 e. The third-order valence-corrected chi connectivity index (χ3v) is 3.95. The number of hydrogen-bond donors (Lipinski definition) is 6. The molecule has 0 unspecified atom stereocenters. The van der Waals surface area contributed by atoms with Gasteiger partial charge in [-0.25, -0.2) is 0 Å². The highest BCUT2D eigenvalue weighted by Gasteiger charge is 2.32. The molecule has 1 aromatic carbocycles. The summed E-state index contributed by atoms with van der Waals surface area (Å²) in [4.78, 5) is 0. The van der Waals surface area contributed by atoms with E-state index in [-0.39, 0.29) is 33.4 Å². The molecule has 6 N–H and O–H groups in total. The summed E-state index contributed by atoms with van der Waals surface area (Å²) in [5.74, 6) is 0. The molecular weight excluding hydrogens is 441 g/mol. The third-order valence-electron chi connectivity index (χ3n) is 2.82. The Bertz CT molecular complexity index is 645. The van der Waals surface area contributed by atoms with Gasteiger partial charge in [0.1, 0.15) is 31.0 Å². The number of hydrogen-bond acceptors (Lipinski definition) is 6. The van der Waals surface area contributed by atoms with Gasteiger partial charge in [0.2, 0.25) is 0 Å². The summed E-state index contributed by atoms with van der Waals surface area (Å²) in [5.41, 5.74) is -1.92. The van der Waals surface area contributed by atoms with Crippen molar-refractivity contribution < 1.29 is 0 Å². The Morgan fingerprint density at radius 3 is 0.458 bits per heavy atom. The number of nitrogens with one attached hydrogen (secondary N) is 6. The molecule has 0 radical (unpaired) electrons. The minimum atomic E-state index is -0.679. The van der Waals surface area contributed by atoms with Gasteiger partial charge in [-0.3, -0.25) is 32.5 Å². The van der Waals surface area contributed by atoms with Crippen LogP contribution in [0.25, 0.3) is 0 Å². The second kappa shape index (κ2) is 7.91. The van der Waals surface area contributed by atoms with E-state index in [4.69, 9.17) is 102 Å². The van der Waals surface area contributed by atoms with E-state index in [1.54, 1.807) is 0 Å². The molecular formula is C12H6Cl6N6. The average Bonchev–Trinajstić information content (AvgIpc) is 2.42. The van der Waals surface area contributed by atoms with Crippen molar-refractivity contribution in [2.45, 2.75) is 0 Å². The van der Waals surface area contributed by atoms with Crippen LogP contribution in [0.1, 0.15) is 33.4 Å². The summed E-state index contributed by atoms with van der Waals surface area (Å²) in [6.45, 7) is 0. The topological polar surface area (TPSA) is 143 Å². The lowest BCUT2D eigenvalue weighted by Crippen LogP contribution is -2.22. The zero-order valence-corrected chi connectivity index (χ0v) is 15.8. The van der Waals surface area contributed by atoms with Crippen molar-refractivity contribution in [3.05, 3.63) is 33.4 Å². The first-order chi connectivity index (χ1) is 10.9. The van der Waals surface area contributed by atoms with Crippen LogP contribution in [0.15, 0.2) is 0 Å². The van der Waals surface area contributed by atoms with E-state index < -0.39 is 31.0 Å². The SMILES string of the molecule is N=C(Cl)c1c(C(=N)Cl)c(C(=N)Cl)c(C(=N)Cl)c(C(=N)Cl)c1C(=N)Cl. The Morgan fingerprint density at radius 1 is 0.333 bits per heavy atom. The summed E-state index contributed by atoms with van der Waals surface area (Å²) in [7, 11) is 0. The van der Waals surface area contributed by atoms with Crippen molar-refractivity contribution in [2.24, 2.45) is 0 Å². The fourth-order valence-corrected chi connectivity index (χ4v) is 3.20. The lowest BCUT2D eigenvalue weighted by molar-refractivity contribution is 1.39. The monoisotopic (exact) mass is 444 g/mol. The van der Waals surface area contributed by atoms with Crippen LogP contribution < -0.4 is 0 Å². The molecule has 126 valence electrons. The molecule has 6 nitrogen and oxygen atoms in total. The molecule has 0 aliphatic carbocycles. The molecule has 0 bridgehead atoms. The normalized spacial score (nSPS) is 10.2. The lowest BCUT2D eigenvalue weighted by atomic mass is 9.87. The van der Waals surface area contributed by atoms with E-state index in [2.05, 4.69) is 0 Å². The van der Waals surface area contributed by atoms with Gasteiger partial charge in [0, 0.05) is 33.4 Å². The Kier molecular flexibility index (Phi) is 6.93. The summed E-state index contributed by atoms with van der Waals surface area (Å²) >= 11 is 34.5. The van der Waals surface area contributed by atoms with Gasteiger partial charge < -0.3 is 0 Å². The second-order valence-corrected chi connectivity index (χ2v) is 6.40. The summed E-state index contributed by atoms with van der Waals surface area (Å²) in [6, 6.07) is 0. The molecule has 0 amide bonds. The van der Waals surface area contributed by atoms with Crippen LogP contribution in [0.3, 0.4) is 0 Å². The predicted molar refractivity (Wildman–Crippen MR) is 103 cm³/mol. The van der Waals surface area contributed by atoms with Gasteiger partial charge in [0.05, 0.1) is 0 Å². The minimum absolute atomic E-state index is 0.320. The predicted octanol–water partition coefficient (Wildman–Crippen LogP) is 5.07. The molecule has 0 saturated heterocycles. The maximum absolute atomic E-state index is 7.70. The van der Waals surface area contributed by atoms with Crippen LogP contribution in [0.4, 0.5) is 0 Å².